The van der Waals surface area contributed by atoms with Crippen molar-refractivity contribution in [2.45, 2.75) is 26.3 Å². The van der Waals surface area contributed by atoms with Crippen LogP contribution < -0.4 is 15.0 Å². The van der Waals surface area contributed by atoms with Gasteiger partial charge in [0.15, 0.2) is 11.3 Å². The van der Waals surface area contributed by atoms with E-state index in [1.165, 1.54) is 0 Å². The number of methoxy groups -OCH3 is 2. The van der Waals surface area contributed by atoms with Gasteiger partial charge in [0.25, 0.3) is 5.56 Å². The summed E-state index contributed by atoms with van der Waals surface area (Å²) < 4.78 is 14.6. The van der Waals surface area contributed by atoms with Crippen molar-refractivity contribution in [2.75, 3.05) is 14.2 Å². The summed E-state index contributed by atoms with van der Waals surface area (Å²) in [4.78, 5) is 28.0. The fourth-order valence-corrected chi connectivity index (χ4v) is 3.96. The summed E-state index contributed by atoms with van der Waals surface area (Å²) in [5.41, 5.74) is 3.51. The molecule has 5 aromatic rings. The molecule has 8 heteroatoms. The molecular formula is C24H23N5O3. The molecule has 1 atom stereocenters. The van der Waals surface area contributed by atoms with Crippen molar-refractivity contribution in [2.24, 2.45) is 0 Å². The van der Waals surface area contributed by atoms with Gasteiger partial charge in [-0.05, 0) is 37.6 Å². The highest BCUT2D eigenvalue weighted by molar-refractivity contribution is 6.06. The second-order valence-electron chi connectivity index (χ2n) is 7.67. The molecule has 162 valence electrons. The molecule has 0 aliphatic heterocycles. The molecular weight excluding hydrogens is 406 g/mol. The second-order valence-corrected chi connectivity index (χ2v) is 7.67. The third-order valence-electron chi connectivity index (χ3n) is 5.88. The number of para-hydroxylation sites is 2. The maximum Gasteiger partial charge on any atom is 0.265 e. The standard InChI is InChI=1S/C24H23N5O3/c1-5-14(2)28-13-25-22-20(24(28)30)21-23(27-17-9-7-6-8-16(17)26-21)29(22)18-12-15(31-3)10-11-19(18)32-4/h6-14H,5H2,1-4H3/t14-/m0/s1. The molecule has 0 saturated heterocycles. The molecule has 5 rings (SSSR count). The molecule has 0 amide bonds. The molecule has 0 spiro atoms. The van der Waals surface area contributed by atoms with E-state index in [1.54, 1.807) is 25.1 Å². The molecule has 0 bridgehead atoms. The Balaban J connectivity index is 2.00. The fourth-order valence-electron chi connectivity index (χ4n) is 3.96. The highest BCUT2D eigenvalue weighted by atomic mass is 16.5. The van der Waals surface area contributed by atoms with Crippen LogP contribution in [0.1, 0.15) is 26.3 Å². The van der Waals surface area contributed by atoms with Crippen molar-refractivity contribution in [1.82, 2.24) is 24.1 Å². The molecule has 0 fully saturated rings. The number of hydrogen-bond acceptors (Lipinski definition) is 6. The van der Waals surface area contributed by atoms with Crippen molar-refractivity contribution >= 4 is 33.2 Å². The van der Waals surface area contributed by atoms with Gasteiger partial charge in [-0.3, -0.25) is 13.9 Å². The lowest BCUT2D eigenvalue weighted by atomic mass is 10.2. The van der Waals surface area contributed by atoms with Gasteiger partial charge in [-0.25, -0.2) is 15.0 Å². The minimum Gasteiger partial charge on any atom is -0.497 e. The van der Waals surface area contributed by atoms with Crippen LogP contribution in [0.25, 0.3) is 38.9 Å². The molecule has 0 unspecified atom stereocenters. The van der Waals surface area contributed by atoms with E-state index in [0.717, 1.165) is 17.5 Å². The largest absolute Gasteiger partial charge is 0.497 e. The summed E-state index contributed by atoms with van der Waals surface area (Å²) in [5.74, 6) is 1.25. The maximum absolute atomic E-state index is 13.6. The van der Waals surface area contributed by atoms with Crippen LogP contribution in [0.15, 0.2) is 53.6 Å². The molecule has 0 radical (unpaired) electrons. The number of fused-ring (bicyclic) bond motifs is 4. The first-order valence-corrected chi connectivity index (χ1v) is 10.5. The van der Waals surface area contributed by atoms with Gasteiger partial charge >= 0.3 is 0 Å². The predicted octanol–water partition coefficient (Wildman–Crippen LogP) is 4.27. The van der Waals surface area contributed by atoms with E-state index in [-0.39, 0.29) is 11.6 Å². The number of nitrogens with zero attached hydrogens (tertiary/aromatic N) is 5. The van der Waals surface area contributed by atoms with Crippen LogP contribution in [0.3, 0.4) is 0 Å². The minimum atomic E-state index is -0.139. The lowest BCUT2D eigenvalue weighted by Crippen LogP contribution is -2.23. The second kappa shape index (κ2) is 7.64. The average molecular weight is 429 g/mol. The molecule has 2 aromatic carbocycles. The molecule has 3 aromatic heterocycles. The number of rotatable bonds is 5. The van der Waals surface area contributed by atoms with Crippen molar-refractivity contribution in [3.63, 3.8) is 0 Å². The molecule has 32 heavy (non-hydrogen) atoms. The maximum atomic E-state index is 13.6. The van der Waals surface area contributed by atoms with Crippen LogP contribution in [0, 0.1) is 0 Å². The number of aromatic nitrogens is 5. The third-order valence-corrected chi connectivity index (χ3v) is 5.88. The first-order chi connectivity index (χ1) is 15.6. The highest BCUT2D eigenvalue weighted by Gasteiger charge is 2.23. The number of ether oxygens (including phenoxy) is 2. The molecule has 0 aliphatic rings. The normalized spacial score (nSPS) is 12.5. The quantitative estimate of drug-likeness (QED) is 0.415. The van der Waals surface area contributed by atoms with Crippen molar-refractivity contribution in [3.05, 3.63) is 59.1 Å². The molecule has 0 N–H and O–H groups in total. The Morgan fingerprint density at radius 2 is 1.75 bits per heavy atom. The zero-order valence-electron chi connectivity index (χ0n) is 18.4. The summed E-state index contributed by atoms with van der Waals surface area (Å²) in [6.45, 7) is 4.04. The Labute approximate surface area is 184 Å². The smallest absolute Gasteiger partial charge is 0.265 e. The Morgan fingerprint density at radius 1 is 1.00 bits per heavy atom. The van der Waals surface area contributed by atoms with Crippen LogP contribution in [-0.2, 0) is 0 Å². The molecule has 0 aliphatic carbocycles. The van der Waals surface area contributed by atoms with Gasteiger partial charge in [-0.15, -0.1) is 0 Å². The SMILES string of the molecule is CC[C@H](C)n1cnc2c(c1=O)c1nc3ccccc3nc1n2-c1cc(OC)ccc1OC. The topological polar surface area (TPSA) is 84.1 Å². The van der Waals surface area contributed by atoms with Gasteiger partial charge in [0.2, 0.25) is 0 Å². The van der Waals surface area contributed by atoms with E-state index in [2.05, 4.69) is 0 Å². The van der Waals surface area contributed by atoms with E-state index in [9.17, 15) is 4.79 Å². The number of benzene rings is 2. The van der Waals surface area contributed by atoms with Gasteiger partial charge in [-0.1, -0.05) is 19.1 Å². The molecule has 3 heterocycles. The van der Waals surface area contributed by atoms with Crippen molar-refractivity contribution in [1.29, 1.82) is 0 Å². The van der Waals surface area contributed by atoms with E-state index in [4.69, 9.17) is 24.4 Å². The lowest BCUT2D eigenvalue weighted by molar-refractivity contribution is 0.402. The fraction of sp³-hybridized carbons (Fsp3) is 0.250. The van der Waals surface area contributed by atoms with Crippen molar-refractivity contribution < 1.29 is 9.47 Å². The Kier molecular flexibility index (Phi) is 4.77. The van der Waals surface area contributed by atoms with Crippen LogP contribution in [-0.4, -0.2) is 38.3 Å². The van der Waals surface area contributed by atoms with Crippen LogP contribution in [0.2, 0.25) is 0 Å². The Hall–Kier alpha value is -3.94. The van der Waals surface area contributed by atoms with Crippen LogP contribution >= 0.6 is 0 Å². The molecule has 0 saturated carbocycles. The summed E-state index contributed by atoms with van der Waals surface area (Å²) in [5, 5.41) is 0.436. The van der Waals surface area contributed by atoms with Gasteiger partial charge < -0.3 is 9.47 Å². The van der Waals surface area contributed by atoms with Gasteiger partial charge in [0.05, 0.1) is 30.9 Å². The van der Waals surface area contributed by atoms with Crippen LogP contribution in [0.4, 0.5) is 0 Å². The summed E-state index contributed by atoms with van der Waals surface area (Å²) in [7, 11) is 3.21. The predicted molar refractivity (Wildman–Crippen MR) is 124 cm³/mol. The van der Waals surface area contributed by atoms with Gasteiger partial charge in [0.1, 0.15) is 28.7 Å². The Morgan fingerprint density at radius 3 is 2.44 bits per heavy atom. The van der Waals surface area contributed by atoms with E-state index in [0.29, 0.717) is 39.4 Å². The summed E-state index contributed by atoms with van der Waals surface area (Å²) in [6.07, 6.45) is 2.41. The minimum absolute atomic E-state index is 0.0116. The Bertz CT molecular complexity index is 1540. The monoisotopic (exact) mass is 429 g/mol. The third kappa shape index (κ3) is 2.90. The molecule has 8 nitrogen and oxygen atoms in total. The summed E-state index contributed by atoms with van der Waals surface area (Å²) >= 11 is 0. The first kappa shape index (κ1) is 20.0. The van der Waals surface area contributed by atoms with E-state index < -0.39 is 0 Å². The van der Waals surface area contributed by atoms with Gasteiger partial charge in [0, 0.05) is 12.1 Å². The zero-order valence-corrected chi connectivity index (χ0v) is 18.4. The van der Waals surface area contributed by atoms with Gasteiger partial charge in [-0.2, -0.15) is 0 Å². The van der Waals surface area contributed by atoms with E-state index in [1.807, 2.05) is 60.9 Å². The first-order valence-electron chi connectivity index (χ1n) is 10.5. The highest BCUT2D eigenvalue weighted by Crippen LogP contribution is 2.34. The lowest BCUT2D eigenvalue weighted by Gasteiger charge is -2.14. The zero-order chi connectivity index (χ0) is 22.4. The van der Waals surface area contributed by atoms with Crippen molar-refractivity contribution in [3.8, 4) is 17.2 Å². The van der Waals surface area contributed by atoms with E-state index >= 15 is 0 Å². The number of hydrogen-bond donors (Lipinski definition) is 0. The van der Waals surface area contributed by atoms with Crippen LogP contribution in [0.5, 0.6) is 11.5 Å². The summed E-state index contributed by atoms with van der Waals surface area (Å²) in [6, 6.07) is 13.1. The average Bonchev–Trinajstić information content (AvgIpc) is 3.15.